The highest BCUT2D eigenvalue weighted by Gasteiger charge is 1.98. The van der Waals surface area contributed by atoms with Gasteiger partial charge in [0.25, 0.3) is 0 Å². The van der Waals surface area contributed by atoms with E-state index >= 15 is 0 Å². The summed E-state index contributed by atoms with van der Waals surface area (Å²) in [5, 5.41) is 1.17. The van der Waals surface area contributed by atoms with Crippen LogP contribution in [0.25, 0.3) is 10.9 Å². The minimum Gasteiger partial charge on any atom is -0.328 e. The van der Waals surface area contributed by atoms with E-state index in [9.17, 15) is 0 Å². The number of rotatable bonds is 2. The molecule has 1 aromatic carbocycles. The molecule has 0 unspecified atom stereocenters. The van der Waals surface area contributed by atoms with E-state index in [1.54, 1.807) is 11.9 Å². The summed E-state index contributed by atoms with van der Waals surface area (Å²) >= 11 is 1.58. The first-order valence-electron chi connectivity index (χ1n) is 4.04. The number of hydrogen-bond donors (Lipinski definition) is 1. The molecule has 2 rings (SSSR count). The van der Waals surface area contributed by atoms with E-state index in [1.165, 1.54) is 5.39 Å². The van der Waals surface area contributed by atoms with Gasteiger partial charge in [0, 0.05) is 17.8 Å². The second kappa shape index (κ2) is 3.66. The summed E-state index contributed by atoms with van der Waals surface area (Å²) in [6.45, 7) is 0. The van der Waals surface area contributed by atoms with Crippen LogP contribution in [-0.2, 0) is 0 Å². The number of pyridine rings is 1. The minimum absolute atomic E-state index is 1.03. The third-order valence-corrected chi connectivity index (χ3v) is 2.27. The second-order valence-corrected chi connectivity index (χ2v) is 3.30. The molecule has 1 aromatic heterocycles. The number of nitrogens with zero attached hydrogens (tertiary/aromatic N) is 1. The number of nitrogens with one attached hydrogen (secondary N) is 1. The van der Waals surface area contributed by atoms with E-state index in [4.69, 9.17) is 0 Å². The fourth-order valence-corrected chi connectivity index (χ4v) is 1.68. The summed E-state index contributed by atoms with van der Waals surface area (Å²) in [6, 6.07) is 10.1. The molecule has 0 aliphatic rings. The molecule has 0 saturated carbocycles. The van der Waals surface area contributed by atoms with Crippen molar-refractivity contribution in [2.24, 2.45) is 0 Å². The summed E-state index contributed by atoms with van der Waals surface area (Å²) in [4.78, 5) is 4.32. The van der Waals surface area contributed by atoms with Gasteiger partial charge in [0.05, 0.1) is 11.2 Å². The van der Waals surface area contributed by atoms with Crippen molar-refractivity contribution in [3.63, 3.8) is 0 Å². The van der Waals surface area contributed by atoms with Crippen molar-refractivity contribution in [1.82, 2.24) is 4.98 Å². The van der Waals surface area contributed by atoms with Crippen LogP contribution in [0.2, 0.25) is 0 Å². The molecule has 66 valence electrons. The standard InChI is InChI=1S/C10H10N2S/c1-13-12-9-6-2-4-8-5-3-7-11-10(8)9/h2-7,12H,1H3. The van der Waals surface area contributed by atoms with Gasteiger partial charge in [0.15, 0.2) is 0 Å². The second-order valence-electron chi connectivity index (χ2n) is 2.69. The van der Waals surface area contributed by atoms with E-state index in [2.05, 4.69) is 21.8 Å². The summed E-state index contributed by atoms with van der Waals surface area (Å²) in [7, 11) is 0. The van der Waals surface area contributed by atoms with Crippen LogP contribution >= 0.6 is 11.9 Å². The average Bonchev–Trinajstić information content (AvgIpc) is 2.19. The largest absolute Gasteiger partial charge is 0.328 e. The number of aromatic nitrogens is 1. The summed E-state index contributed by atoms with van der Waals surface area (Å²) < 4.78 is 3.20. The van der Waals surface area contributed by atoms with Crippen molar-refractivity contribution in [3.8, 4) is 0 Å². The molecular formula is C10H10N2S. The van der Waals surface area contributed by atoms with Crippen LogP contribution in [-0.4, -0.2) is 11.2 Å². The van der Waals surface area contributed by atoms with Gasteiger partial charge < -0.3 is 4.72 Å². The lowest BCUT2D eigenvalue weighted by molar-refractivity contribution is 1.41. The quantitative estimate of drug-likeness (QED) is 0.737. The lowest BCUT2D eigenvalue weighted by Crippen LogP contribution is -1.87. The summed E-state index contributed by atoms with van der Waals surface area (Å²) in [5.74, 6) is 0. The Kier molecular flexibility index (Phi) is 2.36. The molecule has 2 aromatic rings. The highest BCUT2D eigenvalue weighted by molar-refractivity contribution is 7.99. The Labute approximate surface area is 81.5 Å². The predicted octanol–water partition coefficient (Wildman–Crippen LogP) is 2.92. The number of anilines is 1. The van der Waals surface area contributed by atoms with Crippen LogP contribution in [0.15, 0.2) is 36.5 Å². The van der Waals surface area contributed by atoms with Crippen LogP contribution < -0.4 is 4.72 Å². The first-order valence-corrected chi connectivity index (χ1v) is 5.27. The smallest absolute Gasteiger partial charge is 0.0941 e. The zero-order chi connectivity index (χ0) is 9.10. The molecule has 13 heavy (non-hydrogen) atoms. The van der Waals surface area contributed by atoms with Crippen molar-refractivity contribution in [3.05, 3.63) is 36.5 Å². The van der Waals surface area contributed by atoms with Crippen LogP contribution in [0.3, 0.4) is 0 Å². The maximum atomic E-state index is 4.32. The molecule has 1 heterocycles. The fourth-order valence-electron chi connectivity index (χ4n) is 1.30. The third kappa shape index (κ3) is 1.60. The monoisotopic (exact) mass is 190 g/mol. The molecule has 3 heteroatoms. The Morgan fingerprint density at radius 3 is 2.92 bits per heavy atom. The van der Waals surface area contributed by atoms with E-state index in [-0.39, 0.29) is 0 Å². The van der Waals surface area contributed by atoms with E-state index in [0.29, 0.717) is 0 Å². The molecule has 0 radical (unpaired) electrons. The maximum Gasteiger partial charge on any atom is 0.0941 e. The Morgan fingerprint density at radius 2 is 2.08 bits per heavy atom. The zero-order valence-corrected chi connectivity index (χ0v) is 8.14. The molecule has 0 bridgehead atoms. The van der Waals surface area contributed by atoms with Gasteiger partial charge in [-0.2, -0.15) is 0 Å². The van der Waals surface area contributed by atoms with Crippen LogP contribution in [0, 0.1) is 0 Å². The first kappa shape index (κ1) is 8.38. The highest BCUT2D eigenvalue weighted by atomic mass is 32.2. The number of para-hydroxylation sites is 1. The van der Waals surface area contributed by atoms with Gasteiger partial charge in [-0.25, -0.2) is 0 Å². The Bertz CT molecular complexity index is 409. The molecular weight excluding hydrogens is 180 g/mol. The van der Waals surface area contributed by atoms with Crippen LogP contribution in [0.1, 0.15) is 0 Å². The van der Waals surface area contributed by atoms with E-state index < -0.39 is 0 Å². The van der Waals surface area contributed by atoms with Gasteiger partial charge in [-0.1, -0.05) is 30.1 Å². The van der Waals surface area contributed by atoms with Crippen molar-refractivity contribution in [2.75, 3.05) is 11.0 Å². The number of hydrogen-bond acceptors (Lipinski definition) is 3. The van der Waals surface area contributed by atoms with Gasteiger partial charge >= 0.3 is 0 Å². The zero-order valence-electron chi connectivity index (χ0n) is 7.32. The van der Waals surface area contributed by atoms with Crippen LogP contribution in [0.5, 0.6) is 0 Å². The SMILES string of the molecule is CSNc1cccc2cccnc12. The Hall–Kier alpha value is -1.22. The minimum atomic E-state index is 1.03. The average molecular weight is 190 g/mol. The fraction of sp³-hybridized carbons (Fsp3) is 0.100. The summed E-state index contributed by atoms with van der Waals surface area (Å²) in [5.41, 5.74) is 2.10. The molecule has 0 fully saturated rings. The maximum absolute atomic E-state index is 4.32. The lowest BCUT2D eigenvalue weighted by Gasteiger charge is -2.04. The van der Waals surface area contributed by atoms with E-state index in [1.807, 2.05) is 30.7 Å². The number of benzene rings is 1. The van der Waals surface area contributed by atoms with Gasteiger partial charge in [0.1, 0.15) is 0 Å². The molecule has 0 aliphatic carbocycles. The lowest BCUT2D eigenvalue weighted by atomic mass is 10.2. The molecule has 0 aliphatic heterocycles. The Morgan fingerprint density at radius 1 is 1.23 bits per heavy atom. The third-order valence-electron chi connectivity index (χ3n) is 1.84. The molecule has 0 saturated heterocycles. The topological polar surface area (TPSA) is 24.9 Å². The van der Waals surface area contributed by atoms with E-state index in [0.717, 1.165) is 11.2 Å². The molecule has 0 spiro atoms. The molecule has 2 nitrogen and oxygen atoms in total. The van der Waals surface area contributed by atoms with Crippen molar-refractivity contribution < 1.29 is 0 Å². The van der Waals surface area contributed by atoms with Crippen molar-refractivity contribution in [1.29, 1.82) is 0 Å². The van der Waals surface area contributed by atoms with Gasteiger partial charge in [0.2, 0.25) is 0 Å². The number of fused-ring (bicyclic) bond motifs is 1. The van der Waals surface area contributed by atoms with Crippen LogP contribution in [0.4, 0.5) is 5.69 Å². The summed E-state index contributed by atoms with van der Waals surface area (Å²) in [6.07, 6.45) is 3.82. The molecule has 0 amide bonds. The highest BCUT2D eigenvalue weighted by Crippen LogP contribution is 2.22. The predicted molar refractivity (Wildman–Crippen MR) is 58.9 cm³/mol. The van der Waals surface area contributed by atoms with Gasteiger partial charge in [-0.15, -0.1) is 0 Å². The normalized spacial score (nSPS) is 10.2. The Balaban J connectivity index is 2.61. The van der Waals surface area contributed by atoms with Gasteiger partial charge in [-0.05, 0) is 12.1 Å². The molecule has 1 N–H and O–H groups in total. The first-order chi connectivity index (χ1) is 6.42. The van der Waals surface area contributed by atoms with Crippen molar-refractivity contribution in [2.45, 2.75) is 0 Å². The molecule has 0 atom stereocenters. The van der Waals surface area contributed by atoms with Crippen molar-refractivity contribution >= 4 is 28.5 Å². The van der Waals surface area contributed by atoms with Gasteiger partial charge in [-0.3, -0.25) is 4.98 Å².